The molecule has 2 aliphatic heterocycles. The number of likely N-dealkylation sites (tertiary alicyclic amines) is 2. The zero-order valence-electron chi connectivity index (χ0n) is 42.2. The molecule has 1 aromatic heterocycles. The molecular formula is C47H79N11O12. The van der Waals surface area contributed by atoms with E-state index in [1.54, 1.807) is 34.6 Å². The van der Waals surface area contributed by atoms with Gasteiger partial charge in [0.05, 0.1) is 25.1 Å². The third kappa shape index (κ3) is 15.9. The quantitative estimate of drug-likeness (QED) is 0.0494. The van der Waals surface area contributed by atoms with Gasteiger partial charge in [-0.05, 0) is 62.7 Å². The van der Waals surface area contributed by atoms with Crippen molar-refractivity contribution in [1.29, 1.82) is 0 Å². The maximum atomic E-state index is 14.3. The Balaban J connectivity index is 1.76. The minimum Gasteiger partial charge on any atom is -0.480 e. The number of rotatable bonds is 27. The van der Waals surface area contributed by atoms with Gasteiger partial charge in [-0.1, -0.05) is 74.7 Å². The van der Waals surface area contributed by atoms with Crippen molar-refractivity contribution < 1.29 is 58.5 Å². The number of aliphatic hydroxyl groups excluding tert-OH is 2. The highest BCUT2D eigenvalue weighted by Crippen LogP contribution is 2.24. The average molecular weight is 990 g/mol. The van der Waals surface area contributed by atoms with Gasteiger partial charge in [0.1, 0.15) is 48.3 Å². The lowest BCUT2D eigenvalue weighted by molar-refractivity contribution is -0.147. The van der Waals surface area contributed by atoms with E-state index in [1.165, 1.54) is 29.2 Å². The Morgan fingerprint density at radius 3 is 1.61 bits per heavy atom. The van der Waals surface area contributed by atoms with Crippen LogP contribution in [0.5, 0.6) is 0 Å². The summed E-state index contributed by atoms with van der Waals surface area (Å²) in [5, 5.41) is 46.6. The summed E-state index contributed by atoms with van der Waals surface area (Å²) in [5.74, 6) is -8.31. The fraction of sp³-hybridized carbons (Fsp3) is 0.745. The van der Waals surface area contributed by atoms with Crippen LogP contribution in [0, 0.1) is 23.7 Å². The van der Waals surface area contributed by atoms with Crippen molar-refractivity contribution in [3.63, 3.8) is 0 Å². The number of aliphatic hydroxyl groups is 2. The Kier molecular flexibility index (Phi) is 23.2. The topological polar surface area (TPSA) is 348 Å². The van der Waals surface area contributed by atoms with E-state index in [0.717, 1.165) is 0 Å². The lowest BCUT2D eigenvalue weighted by Gasteiger charge is -2.34. The first-order valence-electron chi connectivity index (χ1n) is 24.7. The molecule has 2 aliphatic rings. The van der Waals surface area contributed by atoms with Crippen LogP contribution in [0.25, 0.3) is 0 Å². The molecule has 394 valence electrons. The summed E-state index contributed by atoms with van der Waals surface area (Å²) in [4.78, 5) is 132. The van der Waals surface area contributed by atoms with Crippen LogP contribution in [0.3, 0.4) is 0 Å². The SMILES string of the molecule is CC[C@H](C)[C@H](NC(=O)[C@H](CC(C)C)NC(=O)[C@@H](NC(=O)[C@@H]1CCCN1C(=O)[C@@H](NC(=O)[C@@H]1CCCN1C(=O)[C@@H](NC(=O)[C@H](CO)NC(=O)[C@@H](N)Cc1cnc[nH]1)[C@@H](C)CC)[C@@H](C)O)[C@@H](C)CC)C(=O)O. The second-order valence-electron chi connectivity index (χ2n) is 19.4. The number of nitrogens with one attached hydrogen (secondary N) is 7. The Hall–Kier alpha value is -5.68. The molecule has 23 nitrogen and oxygen atoms in total. The number of imidazole rings is 1. The number of H-pyrrole nitrogens is 1. The van der Waals surface area contributed by atoms with Crippen LogP contribution in [0.2, 0.25) is 0 Å². The molecule has 0 saturated carbocycles. The number of carbonyl (C=O) groups excluding carboxylic acids is 8. The zero-order valence-corrected chi connectivity index (χ0v) is 42.2. The number of aromatic amines is 1. The first-order valence-corrected chi connectivity index (χ1v) is 24.7. The Bertz CT molecular complexity index is 1950. The Labute approximate surface area is 410 Å². The molecule has 12 N–H and O–H groups in total. The molecule has 0 aromatic carbocycles. The molecule has 0 unspecified atom stereocenters. The molecule has 13 atom stereocenters. The van der Waals surface area contributed by atoms with E-state index in [9.17, 15) is 58.5 Å². The highest BCUT2D eigenvalue weighted by atomic mass is 16.4. The summed E-state index contributed by atoms with van der Waals surface area (Å²) in [6.45, 7) is 15.0. The molecule has 2 fully saturated rings. The standard InChI is InChI=1S/C47H79N11O12/c1-10-25(6)35(44(66)51-31(19-24(4)5)40(62)55-37(47(69)70)27(8)12-3)53-42(64)33-15-14-18-58(33)46(68)38(28(9)60)56-43(65)34-16-13-17-57(34)45(67)36(26(7)11-2)54-41(63)32(22-59)52-39(61)30(48)20-29-21-49-23-50-29/h21,23-28,30-38,59-60H,10-20,22,48H2,1-9H3,(H,49,50)(H,51,66)(H,52,61)(H,53,64)(H,54,63)(H,55,62)(H,56,65)(H,69,70)/t25-,26-,27-,28+,30-,31-,32-,33-,34-,35-,36-,37-,38-/m0/s1. The molecular weight excluding hydrogens is 911 g/mol. The normalized spacial score (nSPS) is 20.6. The second-order valence-corrected chi connectivity index (χ2v) is 19.4. The predicted octanol–water partition coefficient (Wildman–Crippen LogP) is -1.19. The maximum Gasteiger partial charge on any atom is 0.326 e. The van der Waals surface area contributed by atoms with Crippen molar-refractivity contribution in [2.75, 3.05) is 19.7 Å². The maximum absolute atomic E-state index is 14.3. The smallest absolute Gasteiger partial charge is 0.326 e. The average Bonchev–Trinajstić information content (AvgIpc) is 4.14. The molecule has 23 heteroatoms. The fourth-order valence-corrected chi connectivity index (χ4v) is 8.59. The minimum absolute atomic E-state index is 0.0782. The molecule has 0 radical (unpaired) electrons. The van der Waals surface area contributed by atoms with Crippen LogP contribution in [-0.4, -0.2) is 168 Å². The van der Waals surface area contributed by atoms with E-state index in [0.29, 0.717) is 37.8 Å². The fourth-order valence-electron chi connectivity index (χ4n) is 8.59. The van der Waals surface area contributed by atoms with E-state index in [1.807, 2.05) is 20.8 Å². The number of carbonyl (C=O) groups is 9. The highest BCUT2D eigenvalue weighted by molar-refractivity contribution is 5.98. The largest absolute Gasteiger partial charge is 0.480 e. The van der Waals surface area contributed by atoms with E-state index in [4.69, 9.17) is 5.73 Å². The van der Waals surface area contributed by atoms with Crippen molar-refractivity contribution >= 4 is 53.2 Å². The summed E-state index contributed by atoms with van der Waals surface area (Å²) in [7, 11) is 0. The number of aliphatic carboxylic acids is 1. The van der Waals surface area contributed by atoms with Crippen LogP contribution < -0.4 is 37.6 Å². The molecule has 3 heterocycles. The van der Waals surface area contributed by atoms with E-state index < -0.39 is 132 Å². The molecule has 2 saturated heterocycles. The van der Waals surface area contributed by atoms with Gasteiger partial charge in [-0.25, -0.2) is 9.78 Å². The van der Waals surface area contributed by atoms with E-state index in [-0.39, 0.29) is 50.6 Å². The van der Waals surface area contributed by atoms with Gasteiger partial charge >= 0.3 is 5.97 Å². The summed E-state index contributed by atoms with van der Waals surface area (Å²) in [6.07, 6.45) is 4.22. The number of carboxylic acids is 1. The van der Waals surface area contributed by atoms with Gasteiger partial charge in [0.15, 0.2) is 0 Å². The van der Waals surface area contributed by atoms with Crippen molar-refractivity contribution in [3.8, 4) is 0 Å². The van der Waals surface area contributed by atoms with Gasteiger partial charge in [-0.2, -0.15) is 0 Å². The molecule has 1 aromatic rings. The van der Waals surface area contributed by atoms with Crippen LogP contribution in [0.15, 0.2) is 12.5 Å². The van der Waals surface area contributed by atoms with Gasteiger partial charge in [0.2, 0.25) is 47.3 Å². The van der Waals surface area contributed by atoms with E-state index in [2.05, 4.69) is 41.9 Å². The van der Waals surface area contributed by atoms with Crippen molar-refractivity contribution in [2.45, 2.75) is 181 Å². The zero-order chi connectivity index (χ0) is 52.6. The number of carboxylic acid groups (broad SMARTS) is 1. The first kappa shape index (κ1) is 58.6. The van der Waals surface area contributed by atoms with Crippen molar-refractivity contribution in [1.82, 2.24) is 51.7 Å². The number of nitrogens with zero attached hydrogens (tertiary/aromatic N) is 3. The van der Waals surface area contributed by atoms with Crippen molar-refractivity contribution in [3.05, 3.63) is 18.2 Å². The van der Waals surface area contributed by atoms with Gasteiger partial charge in [0, 0.05) is 31.4 Å². The predicted molar refractivity (Wildman–Crippen MR) is 256 cm³/mol. The summed E-state index contributed by atoms with van der Waals surface area (Å²) < 4.78 is 0. The Morgan fingerprint density at radius 1 is 0.671 bits per heavy atom. The van der Waals surface area contributed by atoms with Crippen LogP contribution in [0.1, 0.15) is 119 Å². The van der Waals surface area contributed by atoms with Crippen LogP contribution in [0.4, 0.5) is 0 Å². The first-order chi connectivity index (χ1) is 33.0. The summed E-state index contributed by atoms with van der Waals surface area (Å²) >= 11 is 0. The molecule has 3 rings (SSSR count). The Morgan fingerprint density at radius 2 is 1.14 bits per heavy atom. The molecule has 0 bridgehead atoms. The molecule has 0 spiro atoms. The lowest BCUT2D eigenvalue weighted by Crippen LogP contribution is -2.62. The number of nitrogens with two attached hydrogens (primary N) is 1. The van der Waals surface area contributed by atoms with Gasteiger partial charge < -0.3 is 67.7 Å². The summed E-state index contributed by atoms with van der Waals surface area (Å²) in [6, 6.07) is -11.0. The molecule has 0 aliphatic carbocycles. The minimum atomic E-state index is -1.55. The second kappa shape index (κ2) is 27.6. The number of hydrogen-bond donors (Lipinski definition) is 11. The van der Waals surface area contributed by atoms with Gasteiger partial charge in [-0.3, -0.25) is 38.4 Å². The van der Waals surface area contributed by atoms with Crippen LogP contribution in [-0.2, 0) is 49.6 Å². The number of aromatic nitrogens is 2. The highest BCUT2D eigenvalue weighted by Gasteiger charge is 2.45. The van der Waals surface area contributed by atoms with E-state index >= 15 is 0 Å². The number of hydrogen-bond acceptors (Lipinski definition) is 13. The van der Waals surface area contributed by atoms with Crippen LogP contribution >= 0.6 is 0 Å². The molecule has 8 amide bonds. The van der Waals surface area contributed by atoms with Crippen molar-refractivity contribution in [2.24, 2.45) is 29.4 Å². The lowest BCUT2D eigenvalue weighted by atomic mass is 9.95. The van der Waals surface area contributed by atoms with Gasteiger partial charge in [-0.15, -0.1) is 0 Å². The monoisotopic (exact) mass is 990 g/mol. The molecule has 70 heavy (non-hydrogen) atoms. The van der Waals surface area contributed by atoms with Gasteiger partial charge in [0.25, 0.3) is 0 Å². The third-order valence-corrected chi connectivity index (χ3v) is 13.6. The summed E-state index contributed by atoms with van der Waals surface area (Å²) in [5.41, 5.74) is 6.60. The third-order valence-electron chi connectivity index (χ3n) is 13.6. The number of amides is 8.